The first-order valence-electron chi connectivity index (χ1n) is 10.1. The van der Waals surface area contributed by atoms with E-state index in [1.54, 1.807) is 0 Å². The van der Waals surface area contributed by atoms with Crippen LogP contribution in [0.3, 0.4) is 0 Å². The van der Waals surface area contributed by atoms with Gasteiger partial charge in [-0.15, -0.1) is 0 Å². The minimum atomic E-state index is -0.477. The van der Waals surface area contributed by atoms with Crippen molar-refractivity contribution >= 4 is 6.09 Å². The molecule has 5 heteroatoms. The van der Waals surface area contributed by atoms with Crippen molar-refractivity contribution in [2.75, 3.05) is 33.0 Å². The molecule has 1 aromatic carbocycles. The Morgan fingerprint density at radius 3 is 2.22 bits per heavy atom. The molecule has 0 aliphatic heterocycles. The van der Waals surface area contributed by atoms with Gasteiger partial charge in [-0.1, -0.05) is 37.3 Å². The Balaban J connectivity index is 2.24. The van der Waals surface area contributed by atoms with Gasteiger partial charge in [0, 0.05) is 26.4 Å². The van der Waals surface area contributed by atoms with Crippen LogP contribution in [0, 0.1) is 5.92 Å². The van der Waals surface area contributed by atoms with Gasteiger partial charge in [0.2, 0.25) is 0 Å². The molecular weight excluding hydrogens is 342 g/mol. The minimum Gasteiger partial charge on any atom is -0.444 e. The van der Waals surface area contributed by atoms with E-state index in [9.17, 15) is 4.79 Å². The molecule has 0 heterocycles. The number of amides is 1. The summed E-state index contributed by atoms with van der Waals surface area (Å²) < 4.78 is 16.6. The number of carbonyl (C=O) groups is 1. The lowest BCUT2D eigenvalue weighted by atomic mass is 9.94. The van der Waals surface area contributed by atoms with Gasteiger partial charge in [-0.3, -0.25) is 0 Å². The smallest absolute Gasteiger partial charge is 0.407 e. The molecule has 0 aromatic heterocycles. The Kier molecular flexibility index (Phi) is 11.8. The van der Waals surface area contributed by atoms with Crippen LogP contribution < -0.4 is 5.32 Å². The van der Waals surface area contributed by atoms with Crippen molar-refractivity contribution in [3.8, 4) is 0 Å². The van der Waals surface area contributed by atoms with Crippen molar-refractivity contribution < 1.29 is 19.0 Å². The molecular formula is C22H37NO4. The molecule has 0 bridgehead atoms. The van der Waals surface area contributed by atoms with E-state index < -0.39 is 11.7 Å². The molecule has 0 saturated heterocycles. The lowest BCUT2D eigenvalue weighted by Gasteiger charge is -2.20. The first-order chi connectivity index (χ1) is 12.9. The standard InChI is InChI=1S/C22H37NO4/c1-5-14-25-15-11-20(18-19-9-7-6-8-10-19)12-16-26-17-13-23-21(24)27-22(2,3)4/h6-10,20H,5,11-18H2,1-4H3,(H,23,24). The highest BCUT2D eigenvalue weighted by Crippen LogP contribution is 2.16. The number of alkyl carbamates (subject to hydrolysis) is 1. The van der Waals surface area contributed by atoms with Gasteiger partial charge in [0.1, 0.15) is 5.60 Å². The van der Waals surface area contributed by atoms with Gasteiger partial charge >= 0.3 is 6.09 Å². The molecule has 0 radical (unpaired) electrons. The summed E-state index contributed by atoms with van der Waals surface area (Å²) in [5.74, 6) is 0.531. The zero-order valence-corrected chi connectivity index (χ0v) is 17.5. The summed E-state index contributed by atoms with van der Waals surface area (Å²) in [5.41, 5.74) is 0.875. The third-order valence-corrected chi connectivity index (χ3v) is 3.97. The second kappa shape index (κ2) is 13.6. The van der Waals surface area contributed by atoms with Crippen molar-refractivity contribution in [3.63, 3.8) is 0 Å². The normalized spacial score (nSPS) is 12.6. The fourth-order valence-corrected chi connectivity index (χ4v) is 2.68. The SMILES string of the molecule is CCCOCCC(CCOCCNC(=O)OC(C)(C)C)Cc1ccccc1. The maximum atomic E-state index is 11.6. The second-order valence-electron chi connectivity index (χ2n) is 7.79. The average Bonchev–Trinajstić information content (AvgIpc) is 2.60. The average molecular weight is 380 g/mol. The number of hydrogen-bond donors (Lipinski definition) is 1. The zero-order chi connectivity index (χ0) is 20.0. The van der Waals surface area contributed by atoms with Crippen molar-refractivity contribution in [2.45, 2.75) is 59.0 Å². The zero-order valence-electron chi connectivity index (χ0n) is 17.5. The Labute approximate surface area is 164 Å². The molecule has 1 aromatic rings. The van der Waals surface area contributed by atoms with Gasteiger partial charge in [0.25, 0.3) is 0 Å². The largest absolute Gasteiger partial charge is 0.444 e. The summed E-state index contributed by atoms with van der Waals surface area (Å²) in [7, 11) is 0. The van der Waals surface area contributed by atoms with E-state index in [1.165, 1.54) is 5.56 Å². The second-order valence-corrected chi connectivity index (χ2v) is 7.79. The fraction of sp³-hybridized carbons (Fsp3) is 0.682. The number of rotatable bonds is 13. The van der Waals surface area contributed by atoms with E-state index in [2.05, 4.69) is 36.5 Å². The number of benzene rings is 1. The minimum absolute atomic E-state index is 0.402. The maximum Gasteiger partial charge on any atom is 0.407 e. The Morgan fingerprint density at radius 1 is 1.00 bits per heavy atom. The third kappa shape index (κ3) is 13.3. The van der Waals surface area contributed by atoms with Crippen LogP contribution in [0.2, 0.25) is 0 Å². The summed E-state index contributed by atoms with van der Waals surface area (Å²) in [5, 5.41) is 2.71. The lowest BCUT2D eigenvalue weighted by molar-refractivity contribution is 0.0492. The van der Waals surface area contributed by atoms with Crippen LogP contribution in [0.15, 0.2) is 30.3 Å². The predicted molar refractivity (Wildman–Crippen MR) is 109 cm³/mol. The Hall–Kier alpha value is -1.59. The van der Waals surface area contributed by atoms with Crippen LogP contribution in [-0.2, 0) is 20.6 Å². The van der Waals surface area contributed by atoms with E-state index in [0.29, 0.717) is 25.7 Å². The molecule has 0 saturated carbocycles. The molecule has 0 fully saturated rings. The summed E-state index contributed by atoms with van der Waals surface area (Å²) in [6.45, 7) is 10.9. The summed E-state index contributed by atoms with van der Waals surface area (Å²) in [6.07, 6.45) is 3.71. The lowest BCUT2D eigenvalue weighted by Crippen LogP contribution is -2.34. The molecule has 1 rings (SSSR count). The van der Waals surface area contributed by atoms with E-state index in [-0.39, 0.29) is 0 Å². The Bertz CT molecular complexity index is 499. The highest BCUT2D eigenvalue weighted by atomic mass is 16.6. The number of carbonyl (C=O) groups excluding carboxylic acids is 1. The van der Waals surface area contributed by atoms with Gasteiger partial charge in [-0.2, -0.15) is 0 Å². The molecule has 27 heavy (non-hydrogen) atoms. The van der Waals surface area contributed by atoms with Gasteiger partial charge < -0.3 is 19.5 Å². The van der Waals surface area contributed by atoms with E-state index >= 15 is 0 Å². The third-order valence-electron chi connectivity index (χ3n) is 3.97. The topological polar surface area (TPSA) is 56.8 Å². The predicted octanol–water partition coefficient (Wildman–Crippen LogP) is 4.59. The first kappa shape index (κ1) is 23.4. The highest BCUT2D eigenvalue weighted by molar-refractivity contribution is 5.67. The number of ether oxygens (including phenoxy) is 3. The molecule has 154 valence electrons. The van der Waals surface area contributed by atoms with Crippen LogP contribution in [0.4, 0.5) is 4.79 Å². The van der Waals surface area contributed by atoms with Crippen molar-refractivity contribution in [1.82, 2.24) is 5.32 Å². The van der Waals surface area contributed by atoms with Gasteiger partial charge in [0.15, 0.2) is 0 Å². The van der Waals surface area contributed by atoms with Crippen LogP contribution in [0.25, 0.3) is 0 Å². The van der Waals surface area contributed by atoms with E-state index in [1.807, 2.05) is 26.8 Å². The first-order valence-corrected chi connectivity index (χ1v) is 10.1. The fourth-order valence-electron chi connectivity index (χ4n) is 2.68. The van der Waals surface area contributed by atoms with Crippen molar-refractivity contribution in [1.29, 1.82) is 0 Å². The van der Waals surface area contributed by atoms with Gasteiger partial charge in [-0.05, 0) is 57.9 Å². The number of hydrogen-bond acceptors (Lipinski definition) is 4. The van der Waals surface area contributed by atoms with Crippen LogP contribution in [0.1, 0.15) is 52.5 Å². The molecule has 5 nitrogen and oxygen atoms in total. The van der Waals surface area contributed by atoms with Crippen LogP contribution in [-0.4, -0.2) is 44.7 Å². The highest BCUT2D eigenvalue weighted by Gasteiger charge is 2.15. The summed E-state index contributed by atoms with van der Waals surface area (Å²) in [6, 6.07) is 10.6. The molecule has 0 aliphatic carbocycles. The Morgan fingerprint density at radius 2 is 1.63 bits per heavy atom. The maximum absolute atomic E-state index is 11.6. The summed E-state index contributed by atoms with van der Waals surface area (Å²) >= 11 is 0. The molecule has 1 unspecified atom stereocenters. The van der Waals surface area contributed by atoms with Crippen molar-refractivity contribution in [2.24, 2.45) is 5.92 Å². The van der Waals surface area contributed by atoms with Crippen molar-refractivity contribution in [3.05, 3.63) is 35.9 Å². The van der Waals surface area contributed by atoms with E-state index in [0.717, 1.165) is 38.9 Å². The van der Waals surface area contributed by atoms with Crippen LogP contribution in [0.5, 0.6) is 0 Å². The van der Waals surface area contributed by atoms with Gasteiger partial charge in [-0.25, -0.2) is 4.79 Å². The monoisotopic (exact) mass is 379 g/mol. The molecule has 1 N–H and O–H groups in total. The quantitative estimate of drug-likeness (QED) is 0.509. The van der Waals surface area contributed by atoms with Gasteiger partial charge in [0.05, 0.1) is 6.61 Å². The summed E-state index contributed by atoms with van der Waals surface area (Å²) in [4.78, 5) is 11.6. The van der Waals surface area contributed by atoms with Crippen LogP contribution >= 0.6 is 0 Å². The number of nitrogens with one attached hydrogen (secondary N) is 1. The molecule has 0 aliphatic rings. The van der Waals surface area contributed by atoms with E-state index in [4.69, 9.17) is 14.2 Å². The molecule has 0 spiro atoms. The molecule has 1 atom stereocenters. The molecule has 1 amide bonds.